The Bertz CT molecular complexity index is 1210. The van der Waals surface area contributed by atoms with Gasteiger partial charge in [-0.3, -0.25) is 9.08 Å². The minimum atomic E-state index is -0.567. The van der Waals surface area contributed by atoms with Crippen molar-refractivity contribution in [3.63, 3.8) is 0 Å². The number of carbonyl (C=O) groups excluding carboxylic acids is 1. The summed E-state index contributed by atoms with van der Waals surface area (Å²) in [7, 11) is 0. The molecule has 0 heterocycles. The quantitative estimate of drug-likeness (QED) is 0.236. The maximum absolute atomic E-state index is 11.4. The minimum absolute atomic E-state index is 0.228. The van der Waals surface area contributed by atoms with Crippen LogP contribution in [0.25, 0.3) is 32.7 Å². The number of halogens is 2. The molecule has 152 valence electrons. The highest BCUT2D eigenvalue weighted by atomic mass is 35.5. The Morgan fingerprint density at radius 1 is 0.700 bits per heavy atom. The molecule has 30 heavy (non-hydrogen) atoms. The zero-order chi connectivity index (χ0) is 20.9. The molecule has 0 N–H and O–H groups in total. The second-order valence-electron chi connectivity index (χ2n) is 6.63. The van der Waals surface area contributed by atoms with E-state index in [0.717, 1.165) is 32.7 Å². The van der Waals surface area contributed by atoms with Crippen molar-refractivity contribution >= 4 is 50.3 Å². The zero-order valence-electron chi connectivity index (χ0n) is 15.9. The van der Waals surface area contributed by atoms with Crippen molar-refractivity contribution in [2.45, 2.75) is 0 Å². The van der Waals surface area contributed by atoms with Gasteiger partial charge >= 0.3 is 0 Å². The molecule has 0 unspecified atom stereocenters. The van der Waals surface area contributed by atoms with Gasteiger partial charge in [-0.25, -0.2) is 0 Å². The van der Waals surface area contributed by atoms with Crippen LogP contribution in [0.4, 0.5) is 0 Å². The van der Waals surface area contributed by atoms with Gasteiger partial charge in [-0.2, -0.15) is 0 Å². The molecule has 4 aromatic rings. The molecule has 4 nitrogen and oxygen atoms in total. The van der Waals surface area contributed by atoms with Gasteiger partial charge in [0.05, 0.1) is 11.9 Å². The van der Waals surface area contributed by atoms with E-state index >= 15 is 0 Å². The van der Waals surface area contributed by atoms with Gasteiger partial charge in [0.1, 0.15) is 24.7 Å². The Kier molecular flexibility index (Phi) is 6.38. The Morgan fingerprint density at radius 3 is 1.77 bits per heavy atom. The van der Waals surface area contributed by atoms with Crippen LogP contribution in [0.15, 0.2) is 72.8 Å². The highest BCUT2D eigenvalue weighted by Gasteiger charge is 2.19. The largest absolute Gasteiger partial charge is 0.490 e. The molecular weight excluding hydrogens is 423 g/mol. The van der Waals surface area contributed by atoms with Gasteiger partial charge < -0.3 is 9.47 Å². The molecule has 0 saturated carbocycles. The number of rotatable bonds is 8. The molecule has 0 aliphatic carbocycles. The van der Waals surface area contributed by atoms with Crippen molar-refractivity contribution in [2.75, 3.05) is 19.8 Å². The molecular formula is C24H18Cl2O4. The second-order valence-corrected chi connectivity index (χ2v) is 7.26. The molecule has 0 aliphatic rings. The third-order valence-corrected chi connectivity index (χ3v) is 5.05. The van der Waals surface area contributed by atoms with Crippen LogP contribution >= 0.6 is 23.5 Å². The lowest BCUT2D eigenvalue weighted by Gasteiger charge is -2.19. The molecule has 0 fully saturated rings. The summed E-state index contributed by atoms with van der Waals surface area (Å²) in [5.41, 5.74) is 1.71. The van der Waals surface area contributed by atoms with Gasteiger partial charge in [-0.15, -0.1) is 0 Å². The Morgan fingerprint density at radius 2 is 1.23 bits per heavy atom. The molecule has 0 amide bonds. The van der Waals surface area contributed by atoms with Crippen LogP contribution in [0, 0.1) is 0 Å². The Balaban J connectivity index is 2.01. The first-order valence-corrected chi connectivity index (χ1v) is 10.1. The topological polar surface area (TPSA) is 44.8 Å². The SMILES string of the molecule is O=C(Cl)COc1ccc2ccccc2c1-c1c(OCCOCl)ccc2ccccc12. The molecule has 0 saturated heterocycles. The van der Waals surface area contributed by atoms with E-state index in [0.29, 0.717) is 11.5 Å². The van der Waals surface area contributed by atoms with E-state index in [9.17, 15) is 4.79 Å². The third kappa shape index (κ3) is 4.21. The van der Waals surface area contributed by atoms with Crippen molar-refractivity contribution in [3.8, 4) is 22.6 Å². The summed E-state index contributed by atoms with van der Waals surface area (Å²) in [6.45, 7) is 0.303. The summed E-state index contributed by atoms with van der Waals surface area (Å²) in [5.74, 6) is 1.22. The van der Waals surface area contributed by atoms with Gasteiger partial charge in [0, 0.05) is 11.1 Å². The van der Waals surface area contributed by atoms with E-state index in [2.05, 4.69) is 4.29 Å². The van der Waals surface area contributed by atoms with Crippen molar-refractivity contribution < 1.29 is 18.6 Å². The van der Waals surface area contributed by atoms with Gasteiger partial charge in [0.2, 0.25) is 0 Å². The molecule has 0 bridgehead atoms. The van der Waals surface area contributed by atoms with Crippen molar-refractivity contribution in [2.24, 2.45) is 0 Å². The van der Waals surface area contributed by atoms with Crippen molar-refractivity contribution in [3.05, 3.63) is 72.8 Å². The fourth-order valence-corrected chi connectivity index (χ4v) is 3.69. The molecule has 0 aromatic heterocycles. The number of hydrogen-bond acceptors (Lipinski definition) is 4. The number of ether oxygens (including phenoxy) is 2. The van der Waals surface area contributed by atoms with Gasteiger partial charge in [0.25, 0.3) is 5.24 Å². The smallest absolute Gasteiger partial charge is 0.259 e. The van der Waals surface area contributed by atoms with Crippen LogP contribution < -0.4 is 9.47 Å². The van der Waals surface area contributed by atoms with Crippen LogP contribution in [-0.2, 0) is 9.08 Å². The lowest BCUT2D eigenvalue weighted by molar-refractivity contribution is -0.113. The summed E-state index contributed by atoms with van der Waals surface area (Å²) in [6.07, 6.45) is 0. The minimum Gasteiger partial charge on any atom is -0.490 e. The second kappa shape index (κ2) is 9.35. The maximum Gasteiger partial charge on any atom is 0.259 e. The summed E-state index contributed by atoms with van der Waals surface area (Å²) in [5, 5.41) is 3.51. The van der Waals surface area contributed by atoms with Crippen LogP contribution in [0.1, 0.15) is 0 Å². The fourth-order valence-electron chi connectivity index (χ4n) is 3.58. The van der Waals surface area contributed by atoms with Crippen molar-refractivity contribution in [1.82, 2.24) is 0 Å². The molecule has 4 aromatic carbocycles. The molecule has 0 aliphatic heterocycles. The van der Waals surface area contributed by atoms with Crippen LogP contribution in [-0.4, -0.2) is 25.1 Å². The fraction of sp³-hybridized carbons (Fsp3) is 0.125. The predicted octanol–water partition coefficient (Wildman–Crippen LogP) is 6.35. The standard InChI is InChI=1S/C24H18Cl2O4/c25-22(27)15-29-21-12-10-17-6-2-4-8-19(17)24(21)23-18-7-3-1-5-16(18)9-11-20(23)28-13-14-30-26/h1-12H,13-15H2. The van der Waals surface area contributed by atoms with E-state index in [-0.39, 0.29) is 19.8 Å². The summed E-state index contributed by atoms with van der Waals surface area (Å²) >= 11 is 10.9. The van der Waals surface area contributed by atoms with E-state index in [1.54, 1.807) is 0 Å². The summed E-state index contributed by atoms with van der Waals surface area (Å²) < 4.78 is 16.4. The third-order valence-electron chi connectivity index (χ3n) is 4.79. The molecule has 0 spiro atoms. The number of fused-ring (bicyclic) bond motifs is 2. The lowest BCUT2D eigenvalue weighted by atomic mass is 9.92. The first kappa shape index (κ1) is 20.5. The zero-order valence-corrected chi connectivity index (χ0v) is 17.5. The highest BCUT2D eigenvalue weighted by molar-refractivity contribution is 6.63. The predicted molar refractivity (Wildman–Crippen MR) is 121 cm³/mol. The van der Waals surface area contributed by atoms with Gasteiger partial charge in [0.15, 0.2) is 6.61 Å². The monoisotopic (exact) mass is 440 g/mol. The molecule has 0 radical (unpaired) electrons. The van der Waals surface area contributed by atoms with Gasteiger partial charge in [-0.1, -0.05) is 60.7 Å². The average Bonchev–Trinajstić information content (AvgIpc) is 2.77. The Labute approximate surface area is 184 Å². The number of carbonyl (C=O) groups is 1. The van der Waals surface area contributed by atoms with E-state index in [1.165, 1.54) is 0 Å². The van der Waals surface area contributed by atoms with Crippen LogP contribution in [0.3, 0.4) is 0 Å². The molecule has 0 atom stereocenters. The maximum atomic E-state index is 11.4. The Hall–Kier alpha value is -2.79. The first-order chi connectivity index (χ1) is 14.7. The molecule has 4 rings (SSSR count). The summed E-state index contributed by atoms with van der Waals surface area (Å²) in [6, 6.07) is 23.8. The van der Waals surface area contributed by atoms with E-state index < -0.39 is 5.24 Å². The van der Waals surface area contributed by atoms with Crippen LogP contribution in [0.2, 0.25) is 0 Å². The van der Waals surface area contributed by atoms with Crippen molar-refractivity contribution in [1.29, 1.82) is 0 Å². The van der Waals surface area contributed by atoms with E-state index in [4.69, 9.17) is 32.9 Å². The first-order valence-electron chi connectivity index (χ1n) is 9.40. The number of benzene rings is 4. The van der Waals surface area contributed by atoms with Gasteiger partial charge in [-0.05, 0) is 45.3 Å². The molecule has 6 heteroatoms. The van der Waals surface area contributed by atoms with Crippen LogP contribution in [0.5, 0.6) is 11.5 Å². The highest BCUT2D eigenvalue weighted by Crippen LogP contribution is 2.45. The summed E-state index contributed by atoms with van der Waals surface area (Å²) in [4.78, 5) is 11.4. The normalized spacial score (nSPS) is 11.0. The number of hydrogen-bond donors (Lipinski definition) is 0. The lowest BCUT2D eigenvalue weighted by Crippen LogP contribution is -2.07. The average molecular weight is 441 g/mol. The van der Waals surface area contributed by atoms with E-state index in [1.807, 2.05) is 72.8 Å².